The fraction of sp³-hybridized carbons (Fsp3) is 0.217. The van der Waals surface area contributed by atoms with Crippen molar-refractivity contribution in [3.63, 3.8) is 0 Å². The van der Waals surface area contributed by atoms with Crippen LogP contribution >= 0.6 is 15.9 Å². The zero-order valence-electron chi connectivity index (χ0n) is 16.6. The van der Waals surface area contributed by atoms with E-state index in [0.717, 1.165) is 26.6 Å². The van der Waals surface area contributed by atoms with E-state index in [1.807, 2.05) is 54.6 Å². The van der Waals surface area contributed by atoms with Crippen LogP contribution in [-0.2, 0) is 4.79 Å². The van der Waals surface area contributed by atoms with Crippen molar-refractivity contribution in [3.8, 4) is 11.5 Å². The van der Waals surface area contributed by atoms with Crippen molar-refractivity contribution in [1.82, 2.24) is 5.43 Å². The van der Waals surface area contributed by atoms with Crippen molar-refractivity contribution in [2.24, 2.45) is 5.10 Å². The predicted octanol–water partition coefficient (Wildman–Crippen LogP) is 5.26. The number of nitrogens with one attached hydrogen (secondary N) is 1. The molecule has 1 N–H and O–H groups in total. The largest absolute Gasteiger partial charge is 0.496 e. The van der Waals surface area contributed by atoms with Crippen LogP contribution in [0.5, 0.6) is 11.5 Å². The van der Waals surface area contributed by atoms with Crippen LogP contribution in [0.1, 0.15) is 30.9 Å². The topological polar surface area (TPSA) is 59.9 Å². The molecule has 0 aliphatic carbocycles. The molecule has 0 saturated heterocycles. The number of methoxy groups -OCH3 is 1. The quantitative estimate of drug-likeness (QED) is 0.391. The van der Waals surface area contributed by atoms with Crippen LogP contribution in [0.25, 0.3) is 10.8 Å². The average Bonchev–Trinajstić information content (AvgIpc) is 2.72. The van der Waals surface area contributed by atoms with Crippen LogP contribution < -0.4 is 14.9 Å². The number of amides is 1. The maximum Gasteiger partial charge on any atom is 0.277 e. The molecule has 0 unspecified atom stereocenters. The van der Waals surface area contributed by atoms with Crippen molar-refractivity contribution in [2.75, 3.05) is 13.7 Å². The van der Waals surface area contributed by atoms with Gasteiger partial charge in [-0.2, -0.15) is 5.10 Å². The molecule has 0 aliphatic heterocycles. The highest BCUT2D eigenvalue weighted by molar-refractivity contribution is 9.10. The van der Waals surface area contributed by atoms with Gasteiger partial charge in [0, 0.05) is 10.9 Å². The van der Waals surface area contributed by atoms with Crippen molar-refractivity contribution in [1.29, 1.82) is 0 Å². The van der Waals surface area contributed by atoms with Gasteiger partial charge in [-0.25, -0.2) is 5.43 Å². The highest BCUT2D eigenvalue weighted by atomic mass is 79.9. The number of rotatable bonds is 7. The molecule has 0 saturated carbocycles. The van der Waals surface area contributed by atoms with Gasteiger partial charge in [-0.15, -0.1) is 0 Å². The number of ether oxygens (including phenoxy) is 2. The number of fused-ring (bicyclic) bond motifs is 1. The van der Waals surface area contributed by atoms with E-state index in [1.165, 1.54) is 5.56 Å². The number of hydrazone groups is 1. The number of benzene rings is 3. The van der Waals surface area contributed by atoms with E-state index in [0.29, 0.717) is 11.7 Å². The summed E-state index contributed by atoms with van der Waals surface area (Å²) >= 11 is 3.49. The highest BCUT2D eigenvalue weighted by Gasteiger charge is 2.08. The Kier molecular flexibility index (Phi) is 6.88. The maximum atomic E-state index is 12.1. The average molecular weight is 455 g/mol. The Labute approximate surface area is 178 Å². The van der Waals surface area contributed by atoms with Gasteiger partial charge in [0.2, 0.25) is 0 Å². The Morgan fingerprint density at radius 3 is 2.52 bits per heavy atom. The van der Waals surface area contributed by atoms with E-state index in [9.17, 15) is 4.79 Å². The first-order valence-corrected chi connectivity index (χ1v) is 10.1. The number of hydrogen-bond donors (Lipinski definition) is 1. The molecule has 0 atom stereocenters. The summed E-state index contributed by atoms with van der Waals surface area (Å²) < 4.78 is 11.8. The summed E-state index contributed by atoms with van der Waals surface area (Å²) in [6.07, 6.45) is 1.62. The third-order valence-corrected chi connectivity index (χ3v) is 5.13. The minimum atomic E-state index is -0.334. The Hall–Kier alpha value is -2.86. The molecule has 29 heavy (non-hydrogen) atoms. The Morgan fingerprint density at radius 2 is 1.83 bits per heavy atom. The first kappa shape index (κ1) is 20.9. The molecule has 3 rings (SSSR count). The Balaban J connectivity index is 1.61. The zero-order valence-corrected chi connectivity index (χ0v) is 18.2. The number of hydrogen-bond acceptors (Lipinski definition) is 4. The van der Waals surface area contributed by atoms with Crippen molar-refractivity contribution in [3.05, 3.63) is 70.2 Å². The van der Waals surface area contributed by atoms with Crippen LogP contribution in [-0.4, -0.2) is 25.8 Å². The number of halogens is 1. The second-order valence-corrected chi connectivity index (χ2v) is 7.68. The summed E-state index contributed by atoms with van der Waals surface area (Å²) in [5.41, 5.74) is 4.59. The second kappa shape index (κ2) is 9.56. The predicted molar refractivity (Wildman–Crippen MR) is 120 cm³/mol. The van der Waals surface area contributed by atoms with E-state index < -0.39 is 0 Å². The molecule has 3 aromatic carbocycles. The maximum absolute atomic E-state index is 12.1. The van der Waals surface area contributed by atoms with E-state index >= 15 is 0 Å². The lowest BCUT2D eigenvalue weighted by atomic mass is 10.0. The standard InChI is InChI=1S/C23H23BrN2O3/c1-15(2)16-8-11-22(20(24)12-16)29-14-23(27)26-25-13-17-9-10-21(28-3)19-7-5-4-6-18(17)19/h4-13,15H,14H2,1-3H3,(H,26,27)/b25-13+. The van der Waals surface area contributed by atoms with Gasteiger partial charge in [-0.3, -0.25) is 4.79 Å². The molecule has 1 amide bonds. The van der Waals surface area contributed by atoms with Crippen molar-refractivity contribution in [2.45, 2.75) is 19.8 Å². The number of carbonyl (C=O) groups excluding carboxylic acids is 1. The molecule has 0 aromatic heterocycles. The summed E-state index contributed by atoms with van der Waals surface area (Å²) in [7, 11) is 1.64. The van der Waals surface area contributed by atoms with Crippen LogP contribution in [0.3, 0.4) is 0 Å². The molecule has 0 heterocycles. The summed E-state index contributed by atoms with van der Waals surface area (Å²) in [4.78, 5) is 12.1. The molecule has 0 bridgehead atoms. The van der Waals surface area contributed by atoms with Gasteiger partial charge in [0.05, 0.1) is 17.8 Å². The normalized spacial score (nSPS) is 11.2. The molecule has 5 nitrogen and oxygen atoms in total. The van der Waals surface area contributed by atoms with Crippen LogP contribution in [0, 0.1) is 0 Å². The third kappa shape index (κ3) is 5.15. The van der Waals surface area contributed by atoms with E-state index in [2.05, 4.69) is 40.3 Å². The van der Waals surface area contributed by atoms with E-state index in [1.54, 1.807) is 13.3 Å². The van der Waals surface area contributed by atoms with Gasteiger partial charge in [0.15, 0.2) is 6.61 Å². The first-order chi connectivity index (χ1) is 14.0. The second-order valence-electron chi connectivity index (χ2n) is 6.83. The molecule has 0 aliphatic rings. The number of nitrogens with zero attached hydrogens (tertiary/aromatic N) is 1. The van der Waals surface area contributed by atoms with E-state index in [4.69, 9.17) is 9.47 Å². The van der Waals surface area contributed by atoms with Gasteiger partial charge in [0.1, 0.15) is 11.5 Å². The van der Waals surface area contributed by atoms with Gasteiger partial charge in [0.25, 0.3) is 5.91 Å². The lowest BCUT2D eigenvalue weighted by Gasteiger charge is -2.11. The van der Waals surface area contributed by atoms with Crippen LogP contribution in [0.4, 0.5) is 0 Å². The smallest absolute Gasteiger partial charge is 0.277 e. The van der Waals surface area contributed by atoms with Crippen LogP contribution in [0.15, 0.2) is 64.2 Å². The van der Waals surface area contributed by atoms with Crippen molar-refractivity contribution < 1.29 is 14.3 Å². The SMILES string of the molecule is COc1ccc(/C=N/NC(=O)COc2ccc(C(C)C)cc2Br)c2ccccc12. The molecule has 6 heteroatoms. The minimum absolute atomic E-state index is 0.125. The lowest BCUT2D eigenvalue weighted by molar-refractivity contribution is -0.123. The summed E-state index contributed by atoms with van der Waals surface area (Å²) in [5.74, 6) is 1.50. The lowest BCUT2D eigenvalue weighted by Crippen LogP contribution is -2.24. The van der Waals surface area contributed by atoms with Gasteiger partial charge in [-0.1, -0.05) is 44.2 Å². The van der Waals surface area contributed by atoms with E-state index in [-0.39, 0.29) is 12.5 Å². The highest BCUT2D eigenvalue weighted by Crippen LogP contribution is 2.29. The summed E-state index contributed by atoms with van der Waals surface area (Å²) in [6.45, 7) is 4.12. The summed E-state index contributed by atoms with van der Waals surface area (Å²) in [5, 5.41) is 6.05. The number of carbonyl (C=O) groups is 1. The monoisotopic (exact) mass is 454 g/mol. The molecule has 0 fully saturated rings. The van der Waals surface area contributed by atoms with Crippen molar-refractivity contribution >= 4 is 38.8 Å². The molecule has 3 aromatic rings. The van der Waals surface area contributed by atoms with Gasteiger partial charge in [-0.05, 0) is 57.1 Å². The molecule has 0 radical (unpaired) electrons. The summed E-state index contributed by atoms with van der Waals surface area (Å²) in [6, 6.07) is 17.5. The minimum Gasteiger partial charge on any atom is -0.496 e. The molecule has 150 valence electrons. The Morgan fingerprint density at radius 1 is 1.10 bits per heavy atom. The molecular formula is C23H23BrN2O3. The zero-order chi connectivity index (χ0) is 20.8. The molecule has 0 spiro atoms. The van der Waals surface area contributed by atoms with Crippen LogP contribution in [0.2, 0.25) is 0 Å². The first-order valence-electron chi connectivity index (χ1n) is 9.29. The fourth-order valence-corrected chi connectivity index (χ4v) is 3.44. The Bertz CT molecular complexity index is 1050. The third-order valence-electron chi connectivity index (χ3n) is 4.51. The van der Waals surface area contributed by atoms with Gasteiger partial charge >= 0.3 is 0 Å². The fourth-order valence-electron chi connectivity index (χ4n) is 2.93. The van der Waals surface area contributed by atoms with Gasteiger partial charge < -0.3 is 9.47 Å². The molecular weight excluding hydrogens is 432 g/mol.